The van der Waals surface area contributed by atoms with Crippen LogP contribution >= 0.6 is 11.6 Å². The van der Waals surface area contributed by atoms with Crippen LogP contribution in [-0.2, 0) is 0 Å². The van der Waals surface area contributed by atoms with Gasteiger partial charge in [-0.1, -0.05) is 18.5 Å². The minimum Gasteiger partial charge on any atom is -0.397 e. The second-order valence-corrected chi connectivity index (χ2v) is 5.05. The highest BCUT2D eigenvalue weighted by atomic mass is 35.5. The van der Waals surface area contributed by atoms with Crippen molar-refractivity contribution in [3.63, 3.8) is 0 Å². The number of nitrogens with zero attached hydrogens (tertiary/aromatic N) is 1. The molecule has 0 heterocycles. The molecule has 0 saturated heterocycles. The van der Waals surface area contributed by atoms with Crippen LogP contribution in [0, 0.1) is 5.82 Å². The van der Waals surface area contributed by atoms with Gasteiger partial charge in [-0.05, 0) is 25.5 Å². The molecule has 1 aliphatic carbocycles. The van der Waals surface area contributed by atoms with E-state index in [1.165, 1.54) is 25.0 Å². The van der Waals surface area contributed by atoms with Gasteiger partial charge >= 0.3 is 0 Å². The molecule has 100 valence electrons. The van der Waals surface area contributed by atoms with Crippen molar-refractivity contribution in [2.24, 2.45) is 0 Å². The summed E-state index contributed by atoms with van der Waals surface area (Å²) < 4.78 is 13.3. The molecule has 0 aliphatic heterocycles. The first-order valence-electron chi connectivity index (χ1n) is 6.34. The summed E-state index contributed by atoms with van der Waals surface area (Å²) in [6, 6.07) is 3.54. The highest BCUT2D eigenvalue weighted by molar-refractivity contribution is 6.31. The quantitative estimate of drug-likeness (QED) is 0.782. The van der Waals surface area contributed by atoms with Crippen LogP contribution in [0.2, 0.25) is 5.02 Å². The van der Waals surface area contributed by atoms with E-state index in [0.29, 0.717) is 11.4 Å². The van der Waals surface area contributed by atoms with E-state index in [-0.39, 0.29) is 5.02 Å². The van der Waals surface area contributed by atoms with Gasteiger partial charge in [0, 0.05) is 25.2 Å². The Labute approximate surface area is 112 Å². The van der Waals surface area contributed by atoms with Gasteiger partial charge in [0.05, 0.1) is 16.4 Å². The lowest BCUT2D eigenvalue weighted by Gasteiger charge is -2.20. The van der Waals surface area contributed by atoms with Crippen molar-refractivity contribution in [3.05, 3.63) is 23.0 Å². The Bertz CT molecular complexity index is 421. The molecule has 1 aliphatic rings. The summed E-state index contributed by atoms with van der Waals surface area (Å²) in [6.07, 6.45) is 2.59. The predicted octanol–water partition coefficient (Wildman–Crippen LogP) is 2.96. The average molecular weight is 272 g/mol. The number of nitrogens with two attached hydrogens (primary N) is 1. The van der Waals surface area contributed by atoms with Crippen LogP contribution in [0.1, 0.15) is 19.8 Å². The second kappa shape index (κ2) is 5.76. The Morgan fingerprint density at radius 3 is 2.83 bits per heavy atom. The Morgan fingerprint density at radius 1 is 1.50 bits per heavy atom. The molecule has 0 aromatic heterocycles. The molecule has 0 radical (unpaired) electrons. The van der Waals surface area contributed by atoms with Gasteiger partial charge in [0.25, 0.3) is 0 Å². The average Bonchev–Trinajstić information content (AvgIpc) is 3.15. The molecule has 1 saturated carbocycles. The first kappa shape index (κ1) is 13.4. The number of rotatable bonds is 6. The maximum atomic E-state index is 13.3. The summed E-state index contributed by atoms with van der Waals surface area (Å²) in [5.74, 6) is -0.442. The van der Waals surface area contributed by atoms with Gasteiger partial charge < -0.3 is 11.1 Å². The fraction of sp³-hybridized carbons (Fsp3) is 0.538. The fourth-order valence-corrected chi connectivity index (χ4v) is 2.26. The number of hydrogen-bond donors (Lipinski definition) is 2. The van der Waals surface area contributed by atoms with Gasteiger partial charge in [0.1, 0.15) is 5.82 Å². The van der Waals surface area contributed by atoms with Gasteiger partial charge in [-0.15, -0.1) is 0 Å². The number of nitrogen functional groups attached to an aromatic ring is 1. The van der Waals surface area contributed by atoms with E-state index in [1.54, 1.807) is 0 Å². The third kappa shape index (κ3) is 3.27. The normalized spacial score (nSPS) is 15.1. The van der Waals surface area contributed by atoms with Crippen molar-refractivity contribution in [3.8, 4) is 0 Å². The zero-order valence-electron chi connectivity index (χ0n) is 10.5. The summed E-state index contributed by atoms with van der Waals surface area (Å²) in [6.45, 7) is 4.92. The predicted molar refractivity (Wildman–Crippen MR) is 74.6 cm³/mol. The molecule has 3 N–H and O–H groups in total. The number of hydrogen-bond acceptors (Lipinski definition) is 3. The molecule has 2 rings (SSSR count). The largest absolute Gasteiger partial charge is 0.397 e. The third-order valence-electron chi connectivity index (χ3n) is 3.28. The first-order valence-corrected chi connectivity index (χ1v) is 6.72. The van der Waals surface area contributed by atoms with Gasteiger partial charge in [0.15, 0.2) is 0 Å². The van der Waals surface area contributed by atoms with E-state index in [2.05, 4.69) is 17.1 Å². The number of benzene rings is 1. The van der Waals surface area contributed by atoms with E-state index >= 15 is 0 Å². The van der Waals surface area contributed by atoms with Crippen molar-refractivity contribution < 1.29 is 4.39 Å². The minimum absolute atomic E-state index is 0.0613. The zero-order chi connectivity index (χ0) is 13.1. The maximum absolute atomic E-state index is 13.3. The topological polar surface area (TPSA) is 41.3 Å². The Balaban J connectivity index is 1.87. The van der Waals surface area contributed by atoms with Crippen LogP contribution in [0.5, 0.6) is 0 Å². The van der Waals surface area contributed by atoms with Crippen LogP contribution in [0.25, 0.3) is 0 Å². The van der Waals surface area contributed by atoms with Crippen molar-refractivity contribution >= 4 is 23.0 Å². The maximum Gasteiger partial charge on any atom is 0.143 e. The van der Waals surface area contributed by atoms with Crippen molar-refractivity contribution in [1.82, 2.24) is 4.90 Å². The molecule has 18 heavy (non-hydrogen) atoms. The Kier molecular flexibility index (Phi) is 4.30. The lowest BCUT2D eigenvalue weighted by Crippen LogP contribution is -2.31. The first-order chi connectivity index (χ1) is 8.61. The third-order valence-corrected chi connectivity index (χ3v) is 3.57. The van der Waals surface area contributed by atoms with Crippen LogP contribution < -0.4 is 11.1 Å². The molecule has 0 unspecified atom stereocenters. The van der Waals surface area contributed by atoms with Gasteiger partial charge in [0.2, 0.25) is 0 Å². The summed E-state index contributed by atoms with van der Waals surface area (Å²) in [5, 5.41) is 3.22. The molecular weight excluding hydrogens is 253 g/mol. The molecule has 0 atom stereocenters. The molecule has 3 nitrogen and oxygen atoms in total. The molecule has 0 spiro atoms. The van der Waals surface area contributed by atoms with E-state index in [9.17, 15) is 4.39 Å². The second-order valence-electron chi connectivity index (χ2n) is 4.64. The van der Waals surface area contributed by atoms with E-state index in [4.69, 9.17) is 17.3 Å². The van der Waals surface area contributed by atoms with Crippen molar-refractivity contribution in [2.45, 2.75) is 25.8 Å². The van der Waals surface area contributed by atoms with E-state index in [1.807, 2.05) is 0 Å². The zero-order valence-corrected chi connectivity index (χ0v) is 11.3. The van der Waals surface area contributed by atoms with Crippen LogP contribution in [0.15, 0.2) is 12.1 Å². The smallest absolute Gasteiger partial charge is 0.143 e. The monoisotopic (exact) mass is 271 g/mol. The summed E-state index contributed by atoms with van der Waals surface area (Å²) in [5.41, 5.74) is 6.88. The van der Waals surface area contributed by atoms with Crippen molar-refractivity contribution in [1.29, 1.82) is 0 Å². The van der Waals surface area contributed by atoms with Crippen molar-refractivity contribution in [2.75, 3.05) is 30.7 Å². The van der Waals surface area contributed by atoms with Gasteiger partial charge in [-0.3, -0.25) is 4.90 Å². The van der Waals surface area contributed by atoms with Crippen LogP contribution in [0.4, 0.5) is 15.8 Å². The lowest BCUT2D eigenvalue weighted by atomic mass is 10.2. The molecule has 1 fully saturated rings. The SMILES string of the molecule is CCN(CCNc1cc(F)c(Cl)cc1N)C1CC1. The molecule has 1 aromatic carbocycles. The van der Waals surface area contributed by atoms with Crippen LogP contribution in [-0.4, -0.2) is 30.6 Å². The Morgan fingerprint density at radius 2 is 2.22 bits per heavy atom. The molecule has 0 bridgehead atoms. The number of halogens is 2. The number of nitrogens with one attached hydrogen (secondary N) is 1. The summed E-state index contributed by atoms with van der Waals surface area (Å²) in [4.78, 5) is 2.43. The molecule has 0 amide bonds. The fourth-order valence-electron chi connectivity index (χ4n) is 2.09. The minimum atomic E-state index is -0.442. The van der Waals surface area contributed by atoms with Crippen LogP contribution in [0.3, 0.4) is 0 Å². The molecular formula is C13H19ClFN3. The Hall–Kier alpha value is -1.00. The van der Waals surface area contributed by atoms with Gasteiger partial charge in [-0.25, -0.2) is 4.39 Å². The summed E-state index contributed by atoms with van der Waals surface area (Å²) >= 11 is 5.65. The molecule has 1 aromatic rings. The van der Waals surface area contributed by atoms with E-state index in [0.717, 1.165) is 25.7 Å². The molecule has 5 heteroatoms. The standard InChI is InChI=1S/C13H19ClFN3/c1-2-18(9-3-4-9)6-5-17-13-8-11(15)10(14)7-12(13)16/h7-9,17H,2-6,16H2,1H3. The van der Waals surface area contributed by atoms with E-state index < -0.39 is 5.82 Å². The lowest BCUT2D eigenvalue weighted by molar-refractivity contribution is 0.289. The number of anilines is 2. The highest BCUT2D eigenvalue weighted by Gasteiger charge is 2.27. The summed E-state index contributed by atoms with van der Waals surface area (Å²) in [7, 11) is 0. The highest BCUT2D eigenvalue weighted by Crippen LogP contribution is 2.27. The number of likely N-dealkylation sites (N-methyl/N-ethyl adjacent to an activating group) is 1. The van der Waals surface area contributed by atoms with Gasteiger partial charge in [-0.2, -0.15) is 0 Å².